The molecule has 15 heavy (non-hydrogen) atoms. The lowest BCUT2D eigenvalue weighted by molar-refractivity contribution is 0.0732. The van der Waals surface area contributed by atoms with Crippen molar-refractivity contribution in [3.63, 3.8) is 0 Å². The minimum atomic E-state index is -0.362. The van der Waals surface area contributed by atoms with Gasteiger partial charge in [0.2, 0.25) is 0 Å². The number of aliphatic hydroxyl groups is 1. The zero-order valence-electron chi connectivity index (χ0n) is 8.98. The molecule has 2 rings (SSSR count). The van der Waals surface area contributed by atoms with Crippen LogP contribution in [0.4, 0.5) is 0 Å². The molecule has 2 heteroatoms. The van der Waals surface area contributed by atoms with E-state index in [1.165, 1.54) is 18.4 Å². The zero-order chi connectivity index (χ0) is 10.6. The van der Waals surface area contributed by atoms with Crippen molar-refractivity contribution in [2.45, 2.75) is 37.0 Å². The Balaban J connectivity index is 1.75. The lowest BCUT2D eigenvalue weighted by atomic mass is 10.1. The lowest BCUT2D eigenvalue weighted by Gasteiger charge is -2.21. The van der Waals surface area contributed by atoms with Gasteiger partial charge >= 0.3 is 0 Å². The second kappa shape index (κ2) is 5.04. The molecule has 0 amide bonds. The van der Waals surface area contributed by atoms with E-state index in [1.807, 2.05) is 17.8 Å². The zero-order valence-corrected chi connectivity index (χ0v) is 9.80. The van der Waals surface area contributed by atoms with Gasteiger partial charge in [-0.25, -0.2) is 0 Å². The van der Waals surface area contributed by atoms with Gasteiger partial charge in [0.15, 0.2) is 0 Å². The summed E-state index contributed by atoms with van der Waals surface area (Å²) >= 11 is 1.85. The fourth-order valence-corrected chi connectivity index (χ4v) is 3.31. The van der Waals surface area contributed by atoms with Crippen LogP contribution in [0.25, 0.3) is 0 Å². The molecule has 1 saturated carbocycles. The first-order chi connectivity index (χ1) is 7.29. The third-order valence-corrected chi connectivity index (χ3v) is 4.30. The van der Waals surface area contributed by atoms with Crippen LogP contribution in [0.15, 0.2) is 30.3 Å². The normalized spacial score (nSPS) is 19.3. The largest absolute Gasteiger partial charge is 0.389 e. The second-order valence-electron chi connectivity index (χ2n) is 4.41. The third-order valence-electron chi connectivity index (χ3n) is 3.02. The van der Waals surface area contributed by atoms with E-state index in [0.717, 1.165) is 24.3 Å². The molecule has 1 aromatic carbocycles. The van der Waals surface area contributed by atoms with Crippen molar-refractivity contribution in [2.75, 3.05) is 5.75 Å². The van der Waals surface area contributed by atoms with Crippen molar-refractivity contribution in [3.05, 3.63) is 35.9 Å². The van der Waals surface area contributed by atoms with Crippen molar-refractivity contribution >= 4 is 11.8 Å². The van der Waals surface area contributed by atoms with E-state index in [4.69, 9.17) is 0 Å². The molecular formula is C13H18OS. The Hall–Kier alpha value is -0.470. The lowest BCUT2D eigenvalue weighted by Crippen LogP contribution is -2.27. The predicted molar refractivity (Wildman–Crippen MR) is 66.0 cm³/mol. The number of hydrogen-bond donors (Lipinski definition) is 1. The molecule has 0 spiro atoms. The number of hydrogen-bond acceptors (Lipinski definition) is 2. The molecule has 0 radical (unpaired) electrons. The molecule has 0 aromatic heterocycles. The summed E-state index contributed by atoms with van der Waals surface area (Å²) in [5.74, 6) is 1.91. The number of benzene rings is 1. The average molecular weight is 222 g/mol. The quantitative estimate of drug-likeness (QED) is 0.844. The number of rotatable bonds is 4. The summed E-state index contributed by atoms with van der Waals surface area (Å²) in [6, 6.07) is 10.5. The van der Waals surface area contributed by atoms with Gasteiger partial charge in [-0.1, -0.05) is 43.2 Å². The molecule has 1 aliphatic rings. The molecule has 1 aliphatic carbocycles. The van der Waals surface area contributed by atoms with Gasteiger partial charge < -0.3 is 5.11 Å². The van der Waals surface area contributed by atoms with Gasteiger partial charge in [0.25, 0.3) is 0 Å². The summed E-state index contributed by atoms with van der Waals surface area (Å²) in [5, 5.41) is 10.1. The Bertz CT molecular complexity index is 291. The van der Waals surface area contributed by atoms with Crippen LogP contribution in [0.1, 0.15) is 31.2 Å². The maximum atomic E-state index is 10.1. The third kappa shape index (κ3) is 3.25. The van der Waals surface area contributed by atoms with Gasteiger partial charge in [-0.05, 0) is 18.4 Å². The van der Waals surface area contributed by atoms with Crippen molar-refractivity contribution in [1.82, 2.24) is 0 Å². The molecule has 82 valence electrons. The first kappa shape index (κ1) is 11.0. The molecular weight excluding hydrogens is 204 g/mol. The van der Waals surface area contributed by atoms with Gasteiger partial charge in [0, 0.05) is 11.5 Å². The highest BCUT2D eigenvalue weighted by molar-refractivity contribution is 7.98. The monoisotopic (exact) mass is 222 g/mol. The molecule has 0 aliphatic heterocycles. The van der Waals surface area contributed by atoms with Crippen LogP contribution in [0, 0.1) is 0 Å². The van der Waals surface area contributed by atoms with E-state index in [0.29, 0.717) is 0 Å². The fraction of sp³-hybridized carbons (Fsp3) is 0.538. The van der Waals surface area contributed by atoms with Crippen LogP contribution < -0.4 is 0 Å². The smallest absolute Gasteiger partial charge is 0.0737 e. The molecule has 0 heterocycles. The summed E-state index contributed by atoms with van der Waals surface area (Å²) in [7, 11) is 0. The Kier molecular flexibility index (Phi) is 3.71. The molecule has 1 N–H and O–H groups in total. The highest BCUT2D eigenvalue weighted by Gasteiger charge is 2.30. The Morgan fingerprint density at radius 3 is 2.47 bits per heavy atom. The Labute approximate surface area is 95.9 Å². The molecule has 0 unspecified atom stereocenters. The predicted octanol–water partition coefficient (Wildman–Crippen LogP) is 3.22. The molecule has 1 nitrogen and oxygen atoms in total. The minimum absolute atomic E-state index is 0.362. The highest BCUT2D eigenvalue weighted by Crippen LogP contribution is 2.33. The SMILES string of the molecule is OC1(CSCc2ccccc2)CCCC1. The Morgan fingerprint density at radius 2 is 1.80 bits per heavy atom. The van der Waals surface area contributed by atoms with E-state index in [2.05, 4.69) is 24.3 Å². The van der Waals surface area contributed by atoms with E-state index in [-0.39, 0.29) is 5.60 Å². The second-order valence-corrected chi connectivity index (χ2v) is 5.40. The van der Waals surface area contributed by atoms with E-state index in [9.17, 15) is 5.11 Å². The van der Waals surface area contributed by atoms with E-state index in [1.54, 1.807) is 0 Å². The fourth-order valence-electron chi connectivity index (χ4n) is 2.11. The highest BCUT2D eigenvalue weighted by atomic mass is 32.2. The van der Waals surface area contributed by atoms with Crippen molar-refractivity contribution in [1.29, 1.82) is 0 Å². The maximum absolute atomic E-state index is 10.1. The van der Waals surface area contributed by atoms with Crippen molar-refractivity contribution < 1.29 is 5.11 Å². The molecule has 0 saturated heterocycles. The summed E-state index contributed by atoms with van der Waals surface area (Å²) < 4.78 is 0. The van der Waals surface area contributed by atoms with Crippen molar-refractivity contribution in [2.24, 2.45) is 0 Å². The van der Waals surface area contributed by atoms with Gasteiger partial charge in [-0.2, -0.15) is 11.8 Å². The van der Waals surface area contributed by atoms with Crippen LogP contribution in [-0.2, 0) is 5.75 Å². The first-order valence-electron chi connectivity index (χ1n) is 5.63. The van der Waals surface area contributed by atoms with Gasteiger partial charge in [0.1, 0.15) is 0 Å². The van der Waals surface area contributed by atoms with E-state index >= 15 is 0 Å². The van der Waals surface area contributed by atoms with Crippen LogP contribution in [-0.4, -0.2) is 16.5 Å². The average Bonchev–Trinajstić information content (AvgIpc) is 2.67. The van der Waals surface area contributed by atoms with E-state index < -0.39 is 0 Å². The van der Waals surface area contributed by atoms with Gasteiger partial charge in [-0.15, -0.1) is 0 Å². The summed E-state index contributed by atoms with van der Waals surface area (Å²) in [6.45, 7) is 0. The standard InChI is InChI=1S/C13H18OS/c14-13(8-4-5-9-13)11-15-10-12-6-2-1-3-7-12/h1-3,6-7,14H,4-5,8-11H2. The summed E-state index contributed by atoms with van der Waals surface area (Å²) in [6.07, 6.45) is 4.38. The first-order valence-corrected chi connectivity index (χ1v) is 6.78. The number of thioether (sulfide) groups is 1. The minimum Gasteiger partial charge on any atom is -0.389 e. The van der Waals surface area contributed by atoms with Crippen LogP contribution in [0.2, 0.25) is 0 Å². The van der Waals surface area contributed by atoms with Gasteiger partial charge in [0.05, 0.1) is 5.60 Å². The topological polar surface area (TPSA) is 20.2 Å². The maximum Gasteiger partial charge on any atom is 0.0737 e. The Morgan fingerprint density at radius 1 is 1.13 bits per heavy atom. The molecule has 0 atom stereocenters. The summed E-state index contributed by atoms with van der Waals surface area (Å²) in [5.41, 5.74) is 0.989. The molecule has 1 aromatic rings. The van der Waals surface area contributed by atoms with Crippen molar-refractivity contribution in [3.8, 4) is 0 Å². The summed E-state index contributed by atoms with van der Waals surface area (Å²) in [4.78, 5) is 0. The molecule has 0 bridgehead atoms. The van der Waals surface area contributed by atoms with Gasteiger partial charge in [-0.3, -0.25) is 0 Å². The van der Waals surface area contributed by atoms with Crippen LogP contribution >= 0.6 is 11.8 Å². The van der Waals surface area contributed by atoms with Crippen LogP contribution in [0.3, 0.4) is 0 Å². The molecule has 1 fully saturated rings. The van der Waals surface area contributed by atoms with Crippen LogP contribution in [0.5, 0.6) is 0 Å².